The zero-order chi connectivity index (χ0) is 39.6. The van der Waals surface area contributed by atoms with Crippen molar-refractivity contribution in [3.05, 3.63) is 206 Å². The molecular weight excluding hydrogens is 729 g/mol. The molecule has 0 spiro atoms. The Morgan fingerprint density at radius 3 is 1.33 bits per heavy atom. The molecule has 0 N–H and O–H groups in total. The quantitative estimate of drug-likeness (QED) is 0.164. The van der Waals surface area contributed by atoms with Crippen LogP contribution in [0.2, 0.25) is 0 Å². The predicted molar refractivity (Wildman–Crippen MR) is 250 cm³/mol. The number of para-hydroxylation sites is 1. The van der Waals surface area contributed by atoms with Gasteiger partial charge in [-0.1, -0.05) is 182 Å². The molecule has 0 bridgehead atoms. The van der Waals surface area contributed by atoms with Gasteiger partial charge in [-0.2, -0.15) is 0 Å². The van der Waals surface area contributed by atoms with Crippen LogP contribution in [0.5, 0.6) is 0 Å². The lowest BCUT2D eigenvalue weighted by Crippen LogP contribution is -2.00. The van der Waals surface area contributed by atoms with Gasteiger partial charge in [0.05, 0.1) is 11.2 Å². The maximum absolute atomic E-state index is 5.45. The van der Waals surface area contributed by atoms with Gasteiger partial charge in [0, 0.05) is 38.4 Å². The molecule has 0 radical (unpaired) electrons. The molecule has 0 fully saturated rings. The van der Waals surface area contributed by atoms with E-state index in [0.717, 1.165) is 44.2 Å². The van der Waals surface area contributed by atoms with E-state index in [1.165, 1.54) is 59.6 Å². The van der Waals surface area contributed by atoms with E-state index >= 15 is 0 Å². The second kappa shape index (κ2) is 13.8. The van der Waals surface area contributed by atoms with Gasteiger partial charge in [0.1, 0.15) is 0 Å². The molecule has 0 aliphatic rings. The summed E-state index contributed by atoms with van der Waals surface area (Å²) < 4.78 is 0. The highest BCUT2D eigenvalue weighted by molar-refractivity contribution is 6.28. The minimum absolute atomic E-state index is 0.608. The third-order valence-corrected chi connectivity index (χ3v) is 11.9. The summed E-state index contributed by atoms with van der Waals surface area (Å²) in [5.74, 6) is 1.87. The number of hydrogen-bond donors (Lipinski definition) is 0. The number of rotatable bonds is 5. The minimum Gasteiger partial charge on any atom is -0.247 e. The highest BCUT2D eigenvalue weighted by atomic mass is 15.0. The smallest absolute Gasteiger partial charge is 0.164 e. The summed E-state index contributed by atoms with van der Waals surface area (Å²) in [7, 11) is 0. The van der Waals surface area contributed by atoms with Crippen LogP contribution < -0.4 is 0 Å². The van der Waals surface area contributed by atoms with Gasteiger partial charge >= 0.3 is 0 Å². The molecular formula is C56H34N4. The fraction of sp³-hybridized carbons (Fsp3) is 0. The number of pyridine rings is 1. The van der Waals surface area contributed by atoms with E-state index in [4.69, 9.17) is 19.9 Å². The number of benzene rings is 10. The van der Waals surface area contributed by atoms with Crippen molar-refractivity contribution in [3.63, 3.8) is 0 Å². The fourth-order valence-corrected chi connectivity index (χ4v) is 9.09. The molecule has 60 heavy (non-hydrogen) atoms. The largest absolute Gasteiger partial charge is 0.247 e. The maximum atomic E-state index is 5.45. The lowest BCUT2D eigenvalue weighted by molar-refractivity contribution is 1.07. The number of fused-ring (bicyclic) bond motifs is 11. The van der Waals surface area contributed by atoms with Gasteiger partial charge in [-0.05, 0) is 78.5 Å². The highest BCUT2D eigenvalue weighted by Crippen LogP contribution is 2.44. The van der Waals surface area contributed by atoms with Crippen LogP contribution in [-0.4, -0.2) is 19.9 Å². The van der Waals surface area contributed by atoms with E-state index in [-0.39, 0.29) is 0 Å². The van der Waals surface area contributed by atoms with Crippen molar-refractivity contribution in [1.29, 1.82) is 0 Å². The Labute approximate surface area is 346 Å². The van der Waals surface area contributed by atoms with Crippen molar-refractivity contribution < 1.29 is 0 Å². The second-order valence-electron chi connectivity index (χ2n) is 15.3. The lowest BCUT2D eigenvalue weighted by atomic mass is 9.88. The van der Waals surface area contributed by atoms with Crippen molar-refractivity contribution in [2.24, 2.45) is 0 Å². The number of hydrogen-bond acceptors (Lipinski definition) is 4. The average molecular weight is 763 g/mol. The Morgan fingerprint density at radius 2 is 0.700 bits per heavy atom. The average Bonchev–Trinajstić information content (AvgIpc) is 3.33. The standard InChI is InChI=1S/C56H34N4/c1-3-16-35(17-4-1)54-58-55(36-18-5-2-6-19-36)60-56(59-54)39-21-15-20-38(32-39)53-50-34-48(44-26-11-12-27-46(44)52(50)47-28-13-14-29-51(47)57-53)37-30-31-45-42-24-8-7-22-40(42)41-23-9-10-25-43(41)49(45)33-37/h1-34H. The first-order valence-electron chi connectivity index (χ1n) is 20.3. The van der Waals surface area contributed by atoms with Crippen LogP contribution in [0.15, 0.2) is 206 Å². The first kappa shape index (κ1) is 34.0. The van der Waals surface area contributed by atoms with E-state index in [2.05, 4.69) is 146 Å². The lowest BCUT2D eigenvalue weighted by Gasteiger charge is -2.17. The molecule has 2 heterocycles. The third-order valence-electron chi connectivity index (χ3n) is 11.9. The molecule has 0 saturated carbocycles. The zero-order valence-corrected chi connectivity index (χ0v) is 32.4. The van der Waals surface area contributed by atoms with Crippen LogP contribution in [0.4, 0.5) is 0 Å². The maximum Gasteiger partial charge on any atom is 0.164 e. The number of aromatic nitrogens is 4. The van der Waals surface area contributed by atoms with Crippen LogP contribution in [0.25, 0.3) is 121 Å². The topological polar surface area (TPSA) is 51.6 Å². The molecule has 12 rings (SSSR count). The van der Waals surface area contributed by atoms with Gasteiger partial charge in [-0.3, -0.25) is 0 Å². The van der Waals surface area contributed by atoms with Crippen molar-refractivity contribution in [2.45, 2.75) is 0 Å². The molecule has 2 aromatic heterocycles. The van der Waals surface area contributed by atoms with E-state index < -0.39 is 0 Å². The Bertz CT molecular complexity index is 3560. The Balaban J connectivity index is 1.11. The number of nitrogens with zero attached hydrogens (tertiary/aromatic N) is 4. The summed E-state index contributed by atoms with van der Waals surface area (Å²) in [5, 5.41) is 13.4. The van der Waals surface area contributed by atoms with Crippen LogP contribution in [0.3, 0.4) is 0 Å². The molecule has 4 heteroatoms. The van der Waals surface area contributed by atoms with E-state index in [9.17, 15) is 0 Å². The van der Waals surface area contributed by atoms with Gasteiger partial charge in [0.25, 0.3) is 0 Å². The van der Waals surface area contributed by atoms with Crippen molar-refractivity contribution >= 4 is 64.8 Å². The van der Waals surface area contributed by atoms with E-state index in [1.54, 1.807) is 0 Å². The van der Waals surface area contributed by atoms with Crippen LogP contribution >= 0.6 is 0 Å². The van der Waals surface area contributed by atoms with Crippen molar-refractivity contribution in [2.75, 3.05) is 0 Å². The van der Waals surface area contributed by atoms with E-state index in [1.807, 2.05) is 60.7 Å². The molecule has 0 saturated heterocycles. The summed E-state index contributed by atoms with van der Waals surface area (Å²) in [6.45, 7) is 0. The van der Waals surface area contributed by atoms with Crippen LogP contribution in [-0.2, 0) is 0 Å². The third kappa shape index (κ3) is 5.53. The predicted octanol–water partition coefficient (Wildman–Crippen LogP) is 14.5. The summed E-state index contributed by atoms with van der Waals surface area (Å²) in [6, 6.07) is 72.9. The van der Waals surface area contributed by atoms with Crippen LogP contribution in [0.1, 0.15) is 0 Å². The molecule has 0 aliphatic carbocycles. The molecule has 278 valence electrons. The fourth-order valence-electron chi connectivity index (χ4n) is 9.09. The Morgan fingerprint density at radius 1 is 0.233 bits per heavy atom. The first-order valence-corrected chi connectivity index (χ1v) is 20.3. The molecule has 0 amide bonds. The van der Waals surface area contributed by atoms with Crippen LogP contribution in [0, 0.1) is 0 Å². The Hall–Kier alpha value is -8.08. The first-order chi connectivity index (χ1) is 29.7. The second-order valence-corrected chi connectivity index (χ2v) is 15.3. The zero-order valence-electron chi connectivity index (χ0n) is 32.4. The molecule has 0 unspecified atom stereocenters. The van der Waals surface area contributed by atoms with Crippen molar-refractivity contribution in [1.82, 2.24) is 19.9 Å². The van der Waals surface area contributed by atoms with Crippen molar-refractivity contribution in [3.8, 4) is 56.5 Å². The minimum atomic E-state index is 0.608. The SMILES string of the molecule is c1ccc(-c2nc(-c3ccccc3)nc(-c3cccc(-c4nc5ccccc5c5c4cc(-c4ccc6c7ccccc7c7ccccc7c6c4)c4ccccc45)c3)n2)cc1. The van der Waals surface area contributed by atoms with Gasteiger partial charge in [0.15, 0.2) is 17.5 Å². The summed E-state index contributed by atoms with van der Waals surface area (Å²) in [4.78, 5) is 20.5. The van der Waals surface area contributed by atoms with Gasteiger partial charge in [0.2, 0.25) is 0 Å². The van der Waals surface area contributed by atoms with Gasteiger partial charge in [-0.25, -0.2) is 19.9 Å². The monoisotopic (exact) mass is 762 g/mol. The summed E-state index contributed by atoms with van der Waals surface area (Å²) in [5.41, 5.74) is 7.95. The van der Waals surface area contributed by atoms with Gasteiger partial charge in [-0.15, -0.1) is 0 Å². The molecule has 10 aromatic carbocycles. The van der Waals surface area contributed by atoms with Gasteiger partial charge < -0.3 is 0 Å². The molecule has 0 atom stereocenters. The van der Waals surface area contributed by atoms with E-state index in [0.29, 0.717) is 17.5 Å². The summed E-state index contributed by atoms with van der Waals surface area (Å²) in [6.07, 6.45) is 0. The normalized spacial score (nSPS) is 11.7. The molecule has 0 aliphatic heterocycles. The Kier molecular flexibility index (Phi) is 7.82. The summed E-state index contributed by atoms with van der Waals surface area (Å²) >= 11 is 0. The highest BCUT2D eigenvalue weighted by Gasteiger charge is 2.19. The molecule has 4 nitrogen and oxygen atoms in total. The molecule has 12 aromatic rings.